The van der Waals surface area contributed by atoms with Crippen LogP contribution >= 0.6 is 0 Å². The Labute approximate surface area is 111 Å². The predicted octanol–water partition coefficient (Wildman–Crippen LogP) is 4.35. The molecule has 0 heterocycles. The zero-order valence-electron chi connectivity index (χ0n) is 12.0. The SMILES string of the molecule is COc1ccc(C(C)(C)C)cc1NC1CCCC1. The maximum absolute atomic E-state index is 5.46. The van der Waals surface area contributed by atoms with Gasteiger partial charge in [0.2, 0.25) is 0 Å². The molecule has 18 heavy (non-hydrogen) atoms. The average Bonchev–Trinajstić information content (AvgIpc) is 2.80. The highest BCUT2D eigenvalue weighted by Gasteiger charge is 2.19. The molecular formula is C16H25NO. The third-order valence-corrected chi connectivity index (χ3v) is 3.78. The summed E-state index contributed by atoms with van der Waals surface area (Å²) in [5, 5.41) is 3.65. The molecule has 0 amide bonds. The number of methoxy groups -OCH3 is 1. The van der Waals surface area contributed by atoms with Gasteiger partial charge in [-0.25, -0.2) is 0 Å². The zero-order chi connectivity index (χ0) is 13.2. The molecule has 0 saturated heterocycles. The molecule has 0 aromatic heterocycles. The van der Waals surface area contributed by atoms with E-state index in [-0.39, 0.29) is 5.41 Å². The summed E-state index contributed by atoms with van der Waals surface area (Å²) in [6.07, 6.45) is 5.25. The number of ether oxygens (including phenoxy) is 1. The quantitative estimate of drug-likeness (QED) is 0.857. The van der Waals surface area contributed by atoms with Crippen molar-refractivity contribution in [2.75, 3.05) is 12.4 Å². The first kappa shape index (κ1) is 13.3. The second-order valence-corrected chi connectivity index (χ2v) is 6.29. The first-order valence-electron chi connectivity index (χ1n) is 6.96. The van der Waals surface area contributed by atoms with Crippen LogP contribution in [0.5, 0.6) is 5.75 Å². The van der Waals surface area contributed by atoms with Gasteiger partial charge < -0.3 is 10.1 Å². The molecule has 1 saturated carbocycles. The molecule has 0 atom stereocenters. The van der Waals surface area contributed by atoms with E-state index in [1.54, 1.807) is 7.11 Å². The first-order chi connectivity index (χ1) is 8.50. The lowest BCUT2D eigenvalue weighted by molar-refractivity contribution is 0.415. The summed E-state index contributed by atoms with van der Waals surface area (Å²) in [4.78, 5) is 0. The second kappa shape index (κ2) is 5.21. The lowest BCUT2D eigenvalue weighted by Gasteiger charge is -2.23. The molecule has 1 aliphatic carbocycles. The van der Waals surface area contributed by atoms with Gasteiger partial charge in [0, 0.05) is 6.04 Å². The van der Waals surface area contributed by atoms with E-state index in [2.05, 4.69) is 44.3 Å². The number of hydrogen-bond donors (Lipinski definition) is 1. The Bertz CT molecular complexity index is 400. The van der Waals surface area contributed by atoms with Gasteiger partial charge in [0.25, 0.3) is 0 Å². The van der Waals surface area contributed by atoms with Crippen molar-refractivity contribution in [3.05, 3.63) is 23.8 Å². The minimum atomic E-state index is 0.179. The van der Waals surface area contributed by atoms with E-state index < -0.39 is 0 Å². The molecule has 1 fully saturated rings. The molecule has 0 aliphatic heterocycles. The molecule has 0 spiro atoms. The largest absolute Gasteiger partial charge is 0.495 e. The third kappa shape index (κ3) is 2.98. The zero-order valence-corrected chi connectivity index (χ0v) is 12.0. The van der Waals surface area contributed by atoms with Crippen LogP contribution in [0.1, 0.15) is 52.0 Å². The highest BCUT2D eigenvalue weighted by Crippen LogP contribution is 2.33. The standard InChI is InChI=1S/C16H25NO/c1-16(2,3)12-9-10-15(18-4)14(11-12)17-13-7-5-6-8-13/h9-11,13,17H,5-8H2,1-4H3. The van der Waals surface area contributed by atoms with Crippen LogP contribution in [0.15, 0.2) is 18.2 Å². The molecule has 2 nitrogen and oxygen atoms in total. The number of hydrogen-bond acceptors (Lipinski definition) is 2. The first-order valence-corrected chi connectivity index (χ1v) is 6.96. The molecule has 0 bridgehead atoms. The molecule has 1 aromatic carbocycles. The Morgan fingerprint density at radius 3 is 2.39 bits per heavy atom. The van der Waals surface area contributed by atoms with Crippen molar-refractivity contribution < 1.29 is 4.74 Å². The Balaban J connectivity index is 2.24. The fraction of sp³-hybridized carbons (Fsp3) is 0.625. The monoisotopic (exact) mass is 247 g/mol. The molecule has 1 aromatic rings. The van der Waals surface area contributed by atoms with Gasteiger partial charge in [0.15, 0.2) is 0 Å². The summed E-state index contributed by atoms with van der Waals surface area (Å²) in [5.74, 6) is 0.954. The summed E-state index contributed by atoms with van der Waals surface area (Å²) < 4.78 is 5.46. The van der Waals surface area contributed by atoms with Crippen molar-refractivity contribution in [1.82, 2.24) is 0 Å². The minimum Gasteiger partial charge on any atom is -0.495 e. The van der Waals surface area contributed by atoms with E-state index in [1.807, 2.05) is 0 Å². The average molecular weight is 247 g/mol. The molecule has 1 N–H and O–H groups in total. The van der Waals surface area contributed by atoms with Crippen LogP contribution in [0.2, 0.25) is 0 Å². The van der Waals surface area contributed by atoms with Gasteiger partial charge in [-0.05, 0) is 36.0 Å². The number of rotatable bonds is 3. The minimum absolute atomic E-state index is 0.179. The highest BCUT2D eigenvalue weighted by atomic mass is 16.5. The van der Waals surface area contributed by atoms with E-state index in [4.69, 9.17) is 4.74 Å². The van der Waals surface area contributed by atoms with Crippen molar-refractivity contribution in [2.45, 2.75) is 57.9 Å². The fourth-order valence-electron chi connectivity index (χ4n) is 2.58. The number of benzene rings is 1. The summed E-state index contributed by atoms with van der Waals surface area (Å²) in [5.41, 5.74) is 2.68. The van der Waals surface area contributed by atoms with Crippen LogP contribution in [0.4, 0.5) is 5.69 Å². The smallest absolute Gasteiger partial charge is 0.141 e. The van der Waals surface area contributed by atoms with Crippen LogP contribution < -0.4 is 10.1 Å². The van der Waals surface area contributed by atoms with Gasteiger partial charge in [-0.2, -0.15) is 0 Å². The Morgan fingerprint density at radius 1 is 1.17 bits per heavy atom. The van der Waals surface area contributed by atoms with Gasteiger partial charge in [0.05, 0.1) is 12.8 Å². The lowest BCUT2D eigenvalue weighted by Crippen LogP contribution is -2.17. The third-order valence-electron chi connectivity index (χ3n) is 3.78. The summed E-state index contributed by atoms with van der Waals surface area (Å²) >= 11 is 0. The summed E-state index contributed by atoms with van der Waals surface area (Å²) in [6.45, 7) is 6.73. The summed E-state index contributed by atoms with van der Waals surface area (Å²) in [7, 11) is 1.74. The number of anilines is 1. The Hall–Kier alpha value is -1.18. The van der Waals surface area contributed by atoms with Crippen molar-refractivity contribution in [2.24, 2.45) is 0 Å². The second-order valence-electron chi connectivity index (χ2n) is 6.29. The molecule has 2 rings (SSSR count). The van der Waals surface area contributed by atoms with Gasteiger partial charge in [-0.3, -0.25) is 0 Å². The van der Waals surface area contributed by atoms with Crippen molar-refractivity contribution in [3.8, 4) is 5.75 Å². The normalized spacial score (nSPS) is 16.9. The fourth-order valence-corrected chi connectivity index (χ4v) is 2.58. The predicted molar refractivity (Wildman–Crippen MR) is 77.6 cm³/mol. The molecule has 0 radical (unpaired) electrons. The van der Waals surface area contributed by atoms with E-state index >= 15 is 0 Å². The van der Waals surface area contributed by atoms with Crippen LogP contribution in [-0.2, 0) is 5.41 Å². The molecule has 100 valence electrons. The maximum Gasteiger partial charge on any atom is 0.141 e. The van der Waals surface area contributed by atoms with Gasteiger partial charge >= 0.3 is 0 Å². The van der Waals surface area contributed by atoms with E-state index in [0.29, 0.717) is 6.04 Å². The van der Waals surface area contributed by atoms with Gasteiger partial charge in [-0.1, -0.05) is 39.7 Å². The van der Waals surface area contributed by atoms with Crippen LogP contribution in [0.3, 0.4) is 0 Å². The Morgan fingerprint density at radius 2 is 1.83 bits per heavy atom. The topological polar surface area (TPSA) is 21.3 Å². The highest BCUT2D eigenvalue weighted by molar-refractivity contribution is 5.59. The van der Waals surface area contributed by atoms with Crippen molar-refractivity contribution in [1.29, 1.82) is 0 Å². The van der Waals surface area contributed by atoms with Crippen LogP contribution in [0, 0.1) is 0 Å². The van der Waals surface area contributed by atoms with Crippen LogP contribution in [0.25, 0.3) is 0 Å². The Kier molecular flexibility index (Phi) is 3.84. The van der Waals surface area contributed by atoms with E-state index in [0.717, 1.165) is 11.4 Å². The number of nitrogens with one attached hydrogen (secondary N) is 1. The van der Waals surface area contributed by atoms with Gasteiger partial charge in [0.1, 0.15) is 5.75 Å². The van der Waals surface area contributed by atoms with E-state index in [9.17, 15) is 0 Å². The van der Waals surface area contributed by atoms with Crippen molar-refractivity contribution >= 4 is 5.69 Å². The van der Waals surface area contributed by atoms with Crippen LogP contribution in [-0.4, -0.2) is 13.2 Å². The molecule has 1 aliphatic rings. The van der Waals surface area contributed by atoms with Crippen molar-refractivity contribution in [3.63, 3.8) is 0 Å². The molecular weight excluding hydrogens is 222 g/mol. The molecule has 0 unspecified atom stereocenters. The summed E-state index contributed by atoms with van der Waals surface area (Å²) in [6, 6.07) is 7.11. The van der Waals surface area contributed by atoms with Gasteiger partial charge in [-0.15, -0.1) is 0 Å². The van der Waals surface area contributed by atoms with E-state index in [1.165, 1.54) is 31.2 Å². The molecule has 2 heteroatoms. The maximum atomic E-state index is 5.46. The lowest BCUT2D eigenvalue weighted by atomic mass is 9.86.